The van der Waals surface area contributed by atoms with Gasteiger partial charge in [-0.15, -0.1) is 0 Å². The number of fused-ring (bicyclic) bond motifs is 1. The number of nitriles is 1. The Morgan fingerprint density at radius 1 is 1.11 bits per heavy atom. The number of nitrogen functional groups attached to an aromatic ring is 1. The number of hydrogen-bond donors (Lipinski definition) is 2. The number of benzene rings is 1. The maximum absolute atomic E-state index is 14.4. The lowest BCUT2D eigenvalue weighted by Crippen LogP contribution is -2.14. The molecule has 0 radical (unpaired) electrons. The quantitative estimate of drug-likeness (QED) is 0.384. The van der Waals surface area contributed by atoms with Gasteiger partial charge in [-0.3, -0.25) is 4.98 Å². The third kappa shape index (κ3) is 3.97. The molecule has 3 N–H and O–H groups in total. The number of hydrogen-bond acceptors (Lipinski definition) is 10. The Hall–Kier alpha value is -4.98. The Bertz CT molecular complexity index is 1590. The minimum atomic E-state index is -0.495. The average Bonchev–Trinajstić information content (AvgIpc) is 3.29. The Morgan fingerprint density at radius 2 is 1.97 bits per heavy atom. The van der Waals surface area contributed by atoms with Gasteiger partial charge < -0.3 is 15.6 Å². The van der Waals surface area contributed by atoms with E-state index in [2.05, 4.69) is 30.4 Å². The second-order valence-electron chi connectivity index (χ2n) is 7.73. The van der Waals surface area contributed by atoms with Gasteiger partial charge in [-0.2, -0.15) is 10.2 Å². The van der Waals surface area contributed by atoms with Crippen molar-refractivity contribution in [3.63, 3.8) is 0 Å². The zero-order valence-corrected chi connectivity index (χ0v) is 18.7. The van der Waals surface area contributed by atoms with Gasteiger partial charge in [0.1, 0.15) is 35.4 Å². The first-order valence-electron chi connectivity index (χ1n) is 10.6. The summed E-state index contributed by atoms with van der Waals surface area (Å²) in [7, 11) is 0. The highest BCUT2D eigenvalue weighted by atomic mass is 19.1. The van der Waals surface area contributed by atoms with Crippen molar-refractivity contribution in [2.24, 2.45) is 0 Å². The fourth-order valence-electron chi connectivity index (χ4n) is 3.85. The molecule has 35 heavy (non-hydrogen) atoms. The zero-order chi connectivity index (χ0) is 24.5. The van der Waals surface area contributed by atoms with Gasteiger partial charge in [-0.05, 0) is 44.2 Å². The molecule has 0 fully saturated rings. The molecule has 0 aliphatic heterocycles. The number of nitrogens with one attached hydrogen (secondary N) is 1. The summed E-state index contributed by atoms with van der Waals surface area (Å²) < 4.78 is 19.9. The SMILES string of the molecule is Cc1noc(-c2c(-c3ccccn3)c([C@@H](C)Nc3ncnc(N)c3C#N)nc3ccc(F)cc23)n1. The summed E-state index contributed by atoms with van der Waals surface area (Å²) >= 11 is 0. The highest BCUT2D eigenvalue weighted by Crippen LogP contribution is 2.41. The van der Waals surface area contributed by atoms with Gasteiger partial charge in [0.05, 0.1) is 28.5 Å². The van der Waals surface area contributed by atoms with Crippen LogP contribution in [0.1, 0.15) is 30.0 Å². The van der Waals surface area contributed by atoms with Crippen LogP contribution in [0.2, 0.25) is 0 Å². The number of nitrogens with zero attached hydrogens (tertiary/aromatic N) is 7. The van der Waals surface area contributed by atoms with Crippen molar-refractivity contribution in [1.82, 2.24) is 30.1 Å². The summed E-state index contributed by atoms with van der Waals surface area (Å²) in [4.78, 5) is 21.8. The van der Waals surface area contributed by atoms with Crippen molar-refractivity contribution in [1.29, 1.82) is 5.26 Å². The molecule has 0 bridgehead atoms. The number of nitrogens with two attached hydrogens (primary N) is 1. The van der Waals surface area contributed by atoms with Crippen LogP contribution in [0.5, 0.6) is 0 Å². The molecular formula is C24H18FN9O. The van der Waals surface area contributed by atoms with Gasteiger partial charge in [0.2, 0.25) is 0 Å². The van der Waals surface area contributed by atoms with Crippen LogP contribution in [0, 0.1) is 24.1 Å². The van der Waals surface area contributed by atoms with Gasteiger partial charge in [0, 0.05) is 17.1 Å². The molecule has 0 amide bonds. The second kappa shape index (κ2) is 8.75. The van der Waals surface area contributed by atoms with E-state index in [1.54, 1.807) is 25.3 Å². The van der Waals surface area contributed by atoms with Crippen molar-refractivity contribution < 1.29 is 8.91 Å². The normalized spacial score (nSPS) is 11.8. The molecule has 10 nitrogen and oxygen atoms in total. The van der Waals surface area contributed by atoms with Gasteiger partial charge in [-0.25, -0.2) is 19.3 Å². The van der Waals surface area contributed by atoms with Gasteiger partial charge in [-0.1, -0.05) is 11.2 Å². The minimum absolute atomic E-state index is 0.0612. The summed E-state index contributed by atoms with van der Waals surface area (Å²) in [5, 5.41) is 17.2. The predicted molar refractivity (Wildman–Crippen MR) is 126 cm³/mol. The van der Waals surface area contributed by atoms with Crippen LogP contribution in [0.15, 0.2) is 53.4 Å². The van der Waals surface area contributed by atoms with E-state index in [0.29, 0.717) is 39.2 Å². The van der Waals surface area contributed by atoms with Gasteiger partial charge in [0.15, 0.2) is 5.82 Å². The lowest BCUT2D eigenvalue weighted by molar-refractivity contribution is 0.426. The number of anilines is 2. The van der Waals surface area contributed by atoms with E-state index in [1.807, 2.05) is 25.1 Å². The highest BCUT2D eigenvalue weighted by Gasteiger charge is 2.26. The molecule has 1 aromatic carbocycles. The lowest BCUT2D eigenvalue weighted by atomic mass is 9.94. The van der Waals surface area contributed by atoms with E-state index in [-0.39, 0.29) is 23.1 Å². The third-order valence-electron chi connectivity index (χ3n) is 5.39. The Kier molecular flexibility index (Phi) is 5.46. The molecule has 11 heteroatoms. The molecule has 0 aliphatic carbocycles. The van der Waals surface area contributed by atoms with Crippen molar-refractivity contribution >= 4 is 22.5 Å². The second-order valence-corrected chi connectivity index (χ2v) is 7.73. The van der Waals surface area contributed by atoms with Crippen molar-refractivity contribution in [2.75, 3.05) is 11.1 Å². The molecule has 0 unspecified atom stereocenters. The van der Waals surface area contributed by atoms with Crippen molar-refractivity contribution in [3.05, 3.63) is 71.8 Å². The van der Waals surface area contributed by atoms with E-state index in [4.69, 9.17) is 15.2 Å². The predicted octanol–water partition coefficient (Wildman–Crippen LogP) is 4.21. The molecule has 0 spiro atoms. The van der Waals surface area contributed by atoms with Crippen LogP contribution in [-0.2, 0) is 0 Å². The molecule has 172 valence electrons. The van der Waals surface area contributed by atoms with Crippen LogP contribution in [0.25, 0.3) is 33.6 Å². The van der Waals surface area contributed by atoms with Gasteiger partial charge >= 0.3 is 0 Å². The van der Waals surface area contributed by atoms with E-state index in [9.17, 15) is 9.65 Å². The first-order chi connectivity index (χ1) is 17.0. The maximum atomic E-state index is 14.4. The largest absolute Gasteiger partial charge is 0.382 e. The number of aryl methyl sites for hydroxylation is 1. The van der Waals surface area contributed by atoms with Crippen molar-refractivity contribution in [3.8, 4) is 28.8 Å². The van der Waals surface area contributed by atoms with Crippen LogP contribution >= 0.6 is 0 Å². The molecule has 0 aliphatic rings. The van der Waals surface area contributed by atoms with Crippen LogP contribution < -0.4 is 11.1 Å². The molecule has 4 aromatic heterocycles. The van der Waals surface area contributed by atoms with Crippen LogP contribution in [0.3, 0.4) is 0 Å². The van der Waals surface area contributed by atoms with Gasteiger partial charge in [0.25, 0.3) is 5.89 Å². The lowest BCUT2D eigenvalue weighted by Gasteiger charge is -2.21. The number of rotatable bonds is 5. The smallest absolute Gasteiger partial charge is 0.259 e. The number of pyridine rings is 2. The first kappa shape index (κ1) is 21.8. The first-order valence-corrected chi connectivity index (χ1v) is 10.6. The average molecular weight is 467 g/mol. The summed E-state index contributed by atoms with van der Waals surface area (Å²) in [5.41, 5.74) is 8.69. The molecule has 5 rings (SSSR count). The standard InChI is InChI=1S/C24H18FN9O/c1-12(31-23-16(10-26)22(27)29-11-30-23)21-20(18-5-3-4-8-28-18)19(24-32-13(2)34-35-24)15-9-14(25)6-7-17(15)33-21/h3-9,11-12H,1-2H3,(H3,27,29,30,31)/t12-/m1/s1. The third-order valence-corrected chi connectivity index (χ3v) is 5.39. The fraction of sp³-hybridized carbons (Fsp3) is 0.125. The summed E-state index contributed by atoms with van der Waals surface area (Å²) in [5.74, 6) is 0.523. The fourth-order valence-corrected chi connectivity index (χ4v) is 3.85. The van der Waals surface area contributed by atoms with Crippen molar-refractivity contribution in [2.45, 2.75) is 19.9 Å². The summed E-state index contributed by atoms with van der Waals surface area (Å²) in [6, 6.07) is 11.3. The topological polar surface area (TPSA) is 152 Å². The van der Waals surface area contributed by atoms with Crippen LogP contribution in [0.4, 0.5) is 16.0 Å². The molecular weight excluding hydrogens is 449 g/mol. The van der Waals surface area contributed by atoms with E-state index >= 15 is 0 Å². The van der Waals surface area contributed by atoms with E-state index < -0.39 is 11.9 Å². The van der Waals surface area contributed by atoms with E-state index in [1.165, 1.54) is 18.5 Å². The zero-order valence-electron chi connectivity index (χ0n) is 18.7. The highest BCUT2D eigenvalue weighted by molar-refractivity contribution is 6.01. The molecule has 0 saturated carbocycles. The maximum Gasteiger partial charge on any atom is 0.259 e. The Balaban J connectivity index is 1.80. The summed E-state index contributed by atoms with van der Waals surface area (Å²) in [6.07, 6.45) is 2.92. The Morgan fingerprint density at radius 3 is 2.69 bits per heavy atom. The monoisotopic (exact) mass is 467 g/mol. The number of halogens is 1. The minimum Gasteiger partial charge on any atom is -0.382 e. The Labute approximate surface area is 198 Å². The van der Waals surface area contributed by atoms with Crippen LogP contribution in [-0.4, -0.2) is 30.1 Å². The summed E-state index contributed by atoms with van der Waals surface area (Å²) in [6.45, 7) is 3.55. The molecule has 1 atom stereocenters. The molecule has 4 heterocycles. The molecule has 0 saturated heterocycles. The number of aromatic nitrogens is 6. The molecule has 5 aromatic rings. The van der Waals surface area contributed by atoms with E-state index in [0.717, 1.165) is 0 Å².